The van der Waals surface area contributed by atoms with Crippen LogP contribution in [-0.4, -0.2) is 31.7 Å². The van der Waals surface area contributed by atoms with Crippen molar-refractivity contribution in [2.24, 2.45) is 11.7 Å². The lowest BCUT2D eigenvalue weighted by molar-refractivity contribution is -0.160. The smallest absolute Gasteiger partial charge is 0.321 e. The van der Waals surface area contributed by atoms with Crippen LogP contribution >= 0.6 is 0 Å². The monoisotopic (exact) mass is 189 g/mol. The summed E-state index contributed by atoms with van der Waals surface area (Å²) in [6, 6.07) is 0. The Morgan fingerprint density at radius 3 is 1.77 bits per heavy atom. The van der Waals surface area contributed by atoms with Crippen LogP contribution in [0.2, 0.25) is 0 Å². The lowest BCUT2D eigenvalue weighted by atomic mass is 10.1. The van der Waals surface area contributed by atoms with Gasteiger partial charge in [0.25, 0.3) is 0 Å². The maximum absolute atomic E-state index is 11.1. The molecule has 0 bridgehead atoms. The average Bonchev–Trinajstić information content (AvgIpc) is 2.06. The molecule has 0 aromatic rings. The first-order valence-electron chi connectivity index (χ1n) is 4.20. The van der Waals surface area contributed by atoms with Crippen molar-refractivity contribution in [2.45, 2.75) is 13.8 Å². The molecule has 0 aliphatic carbocycles. The summed E-state index contributed by atoms with van der Waals surface area (Å²) < 4.78 is 9.29. The van der Waals surface area contributed by atoms with Gasteiger partial charge in [-0.25, -0.2) is 0 Å². The number of rotatable bonds is 5. The molecule has 0 amide bonds. The minimum absolute atomic E-state index is 0.0856. The van der Waals surface area contributed by atoms with Gasteiger partial charge in [0.2, 0.25) is 0 Å². The second-order valence-electron chi connectivity index (χ2n) is 2.29. The van der Waals surface area contributed by atoms with Crippen LogP contribution in [0.1, 0.15) is 13.8 Å². The molecular weight excluding hydrogens is 174 g/mol. The van der Waals surface area contributed by atoms with E-state index in [4.69, 9.17) is 5.73 Å². The molecule has 0 saturated heterocycles. The Balaban J connectivity index is 4.15. The van der Waals surface area contributed by atoms with Crippen LogP contribution in [0.5, 0.6) is 0 Å². The van der Waals surface area contributed by atoms with Gasteiger partial charge in [0.1, 0.15) is 0 Å². The average molecular weight is 189 g/mol. The van der Waals surface area contributed by atoms with Gasteiger partial charge in [-0.1, -0.05) is 0 Å². The Hall–Kier alpha value is -1.10. The highest BCUT2D eigenvalue weighted by Gasteiger charge is 2.27. The van der Waals surface area contributed by atoms with E-state index >= 15 is 0 Å². The molecule has 0 atom stereocenters. The predicted octanol–water partition coefficient (Wildman–Crippen LogP) is -0.312. The van der Waals surface area contributed by atoms with E-state index < -0.39 is 17.9 Å². The number of ether oxygens (including phenoxy) is 2. The largest absolute Gasteiger partial charge is 0.465 e. The summed E-state index contributed by atoms with van der Waals surface area (Å²) in [5.41, 5.74) is 5.23. The van der Waals surface area contributed by atoms with E-state index in [2.05, 4.69) is 9.47 Å². The molecule has 2 N–H and O–H groups in total. The van der Waals surface area contributed by atoms with Crippen molar-refractivity contribution in [2.75, 3.05) is 19.8 Å². The van der Waals surface area contributed by atoms with Gasteiger partial charge in [-0.05, 0) is 13.8 Å². The summed E-state index contributed by atoms with van der Waals surface area (Å²) in [4.78, 5) is 22.2. The zero-order chi connectivity index (χ0) is 10.3. The summed E-state index contributed by atoms with van der Waals surface area (Å²) in [6.45, 7) is 3.70. The van der Waals surface area contributed by atoms with Crippen molar-refractivity contribution >= 4 is 11.9 Å². The maximum Gasteiger partial charge on any atom is 0.321 e. The first-order valence-corrected chi connectivity index (χ1v) is 4.20. The van der Waals surface area contributed by atoms with Crippen LogP contribution in [0, 0.1) is 5.92 Å². The predicted molar refractivity (Wildman–Crippen MR) is 45.8 cm³/mol. The van der Waals surface area contributed by atoms with E-state index in [-0.39, 0.29) is 19.8 Å². The van der Waals surface area contributed by atoms with Crippen molar-refractivity contribution in [1.29, 1.82) is 0 Å². The van der Waals surface area contributed by atoms with Crippen molar-refractivity contribution in [3.8, 4) is 0 Å². The molecule has 0 radical (unpaired) electrons. The molecule has 0 aromatic carbocycles. The zero-order valence-corrected chi connectivity index (χ0v) is 7.91. The number of nitrogens with two attached hydrogens (primary N) is 1. The third-order valence-corrected chi connectivity index (χ3v) is 1.38. The molecule has 5 nitrogen and oxygen atoms in total. The highest BCUT2D eigenvalue weighted by Crippen LogP contribution is 2.01. The van der Waals surface area contributed by atoms with E-state index in [1.165, 1.54) is 0 Å². The number of hydrogen-bond donors (Lipinski definition) is 1. The van der Waals surface area contributed by atoms with Crippen LogP contribution in [0.3, 0.4) is 0 Å². The molecular formula is C8H15NO4. The maximum atomic E-state index is 11.1. The van der Waals surface area contributed by atoms with Crippen LogP contribution in [0.25, 0.3) is 0 Å². The van der Waals surface area contributed by atoms with Gasteiger partial charge in [-0.2, -0.15) is 0 Å². The van der Waals surface area contributed by atoms with Gasteiger partial charge in [0, 0.05) is 6.54 Å². The lowest BCUT2D eigenvalue weighted by Crippen LogP contribution is -2.34. The first kappa shape index (κ1) is 11.9. The summed E-state index contributed by atoms with van der Waals surface area (Å²) in [6.07, 6.45) is 0. The van der Waals surface area contributed by atoms with Gasteiger partial charge in [-0.15, -0.1) is 0 Å². The third-order valence-electron chi connectivity index (χ3n) is 1.38. The number of hydrogen-bond acceptors (Lipinski definition) is 5. The lowest BCUT2D eigenvalue weighted by Gasteiger charge is -2.11. The van der Waals surface area contributed by atoms with Gasteiger partial charge < -0.3 is 15.2 Å². The van der Waals surface area contributed by atoms with E-state index in [0.717, 1.165) is 0 Å². The van der Waals surface area contributed by atoms with Crippen molar-refractivity contribution in [3.63, 3.8) is 0 Å². The second-order valence-corrected chi connectivity index (χ2v) is 2.29. The molecule has 0 rings (SSSR count). The quantitative estimate of drug-likeness (QED) is 0.474. The SMILES string of the molecule is CCOC(=O)C(CN)C(=O)OCC. The summed E-state index contributed by atoms with van der Waals surface area (Å²) in [7, 11) is 0. The number of carbonyl (C=O) groups is 2. The second kappa shape index (κ2) is 6.42. The van der Waals surface area contributed by atoms with Crippen molar-refractivity contribution in [3.05, 3.63) is 0 Å². The van der Waals surface area contributed by atoms with E-state index in [9.17, 15) is 9.59 Å². The molecule has 0 saturated carbocycles. The Bertz CT molecular complexity index is 163. The molecule has 0 aliphatic rings. The van der Waals surface area contributed by atoms with Gasteiger partial charge in [0.15, 0.2) is 5.92 Å². The normalized spacial score (nSPS) is 9.85. The molecule has 0 unspecified atom stereocenters. The minimum atomic E-state index is -0.986. The first-order chi connectivity index (χ1) is 6.17. The van der Waals surface area contributed by atoms with E-state index in [0.29, 0.717) is 0 Å². The van der Waals surface area contributed by atoms with Gasteiger partial charge >= 0.3 is 11.9 Å². The van der Waals surface area contributed by atoms with E-state index in [1.54, 1.807) is 13.8 Å². The Morgan fingerprint density at radius 1 is 1.15 bits per heavy atom. The fourth-order valence-electron chi connectivity index (χ4n) is 0.774. The molecule has 0 aromatic heterocycles. The van der Waals surface area contributed by atoms with Gasteiger partial charge in [0.05, 0.1) is 13.2 Å². The van der Waals surface area contributed by atoms with Crippen LogP contribution < -0.4 is 5.73 Å². The van der Waals surface area contributed by atoms with Crippen molar-refractivity contribution < 1.29 is 19.1 Å². The van der Waals surface area contributed by atoms with Crippen LogP contribution in [0.4, 0.5) is 0 Å². The fraction of sp³-hybridized carbons (Fsp3) is 0.750. The topological polar surface area (TPSA) is 78.6 Å². The Morgan fingerprint density at radius 2 is 1.54 bits per heavy atom. The molecule has 5 heteroatoms. The molecule has 0 aliphatic heterocycles. The zero-order valence-electron chi connectivity index (χ0n) is 7.91. The Labute approximate surface area is 77.2 Å². The summed E-state index contributed by atoms with van der Waals surface area (Å²) in [5, 5.41) is 0. The Kier molecular flexibility index (Phi) is 5.88. The standard InChI is InChI=1S/C8H15NO4/c1-3-12-7(10)6(5-9)8(11)13-4-2/h6H,3-5,9H2,1-2H3. The number of esters is 2. The highest BCUT2D eigenvalue weighted by atomic mass is 16.6. The summed E-state index contributed by atoms with van der Waals surface area (Å²) >= 11 is 0. The van der Waals surface area contributed by atoms with E-state index in [1.807, 2.05) is 0 Å². The molecule has 13 heavy (non-hydrogen) atoms. The fourth-order valence-corrected chi connectivity index (χ4v) is 0.774. The third kappa shape index (κ3) is 3.89. The molecule has 0 fully saturated rings. The summed E-state index contributed by atoms with van der Waals surface area (Å²) in [5.74, 6) is -2.23. The molecule has 76 valence electrons. The van der Waals surface area contributed by atoms with Crippen LogP contribution in [0.15, 0.2) is 0 Å². The molecule has 0 heterocycles. The highest BCUT2D eigenvalue weighted by molar-refractivity contribution is 5.95. The van der Waals surface area contributed by atoms with Crippen molar-refractivity contribution in [1.82, 2.24) is 0 Å². The minimum Gasteiger partial charge on any atom is -0.465 e. The van der Waals surface area contributed by atoms with Gasteiger partial charge in [-0.3, -0.25) is 9.59 Å². The van der Waals surface area contributed by atoms with Crippen LogP contribution in [-0.2, 0) is 19.1 Å². The molecule has 0 spiro atoms. The number of carbonyl (C=O) groups excluding carboxylic acids is 2.